The number of nitrogens with one attached hydrogen (secondary N) is 1. The lowest BCUT2D eigenvalue weighted by Gasteiger charge is -2.12. The van der Waals surface area contributed by atoms with E-state index in [1.165, 1.54) is 32.4 Å². The Kier molecular flexibility index (Phi) is 6.68. The quantitative estimate of drug-likeness (QED) is 0.589. The largest absolute Gasteiger partial charge is 0.504 e. The van der Waals surface area contributed by atoms with Crippen molar-refractivity contribution in [3.63, 3.8) is 0 Å². The molecule has 1 fully saturated rings. The first-order valence-electron chi connectivity index (χ1n) is 8.58. The third kappa shape index (κ3) is 4.77. The average Bonchev–Trinajstić information content (AvgIpc) is 2.98. The molecule has 2 aromatic rings. The molecular weight excluding hydrogens is 476 g/mol. The van der Waals surface area contributed by atoms with E-state index in [0.29, 0.717) is 21.5 Å². The van der Waals surface area contributed by atoms with Crippen LogP contribution in [0.25, 0.3) is 6.08 Å². The van der Waals surface area contributed by atoms with E-state index in [0.717, 1.165) is 16.7 Å². The fourth-order valence-corrected chi connectivity index (χ4v) is 3.90. The molecule has 1 saturated heterocycles. The van der Waals surface area contributed by atoms with Crippen LogP contribution in [0.1, 0.15) is 5.56 Å². The molecule has 0 spiro atoms. The number of methoxy groups -OCH3 is 2. The zero-order chi connectivity index (χ0) is 21.8. The molecule has 30 heavy (non-hydrogen) atoms. The van der Waals surface area contributed by atoms with Gasteiger partial charge in [-0.15, -0.1) is 0 Å². The zero-order valence-corrected chi connectivity index (χ0v) is 18.4. The van der Waals surface area contributed by atoms with E-state index in [4.69, 9.17) is 9.47 Å². The maximum atomic E-state index is 12.6. The normalized spacial score (nSPS) is 14.9. The molecule has 3 rings (SSSR count). The smallest absolute Gasteiger partial charge is 0.294 e. The molecule has 0 unspecified atom stereocenters. The molecule has 3 amide bonds. The van der Waals surface area contributed by atoms with Crippen molar-refractivity contribution in [2.75, 3.05) is 26.1 Å². The highest BCUT2D eigenvalue weighted by Gasteiger charge is 2.36. The third-order valence-electron chi connectivity index (χ3n) is 4.13. The van der Waals surface area contributed by atoms with Gasteiger partial charge >= 0.3 is 0 Å². The minimum Gasteiger partial charge on any atom is -0.504 e. The number of carbonyl (C=O) groups is 3. The van der Waals surface area contributed by atoms with Crippen LogP contribution >= 0.6 is 27.7 Å². The second-order valence-electron chi connectivity index (χ2n) is 6.09. The number of amides is 3. The van der Waals surface area contributed by atoms with Crippen LogP contribution in [0.15, 0.2) is 45.8 Å². The number of ether oxygens (including phenoxy) is 2. The summed E-state index contributed by atoms with van der Waals surface area (Å²) >= 11 is 4.04. The number of hydrogen-bond acceptors (Lipinski definition) is 7. The number of halogens is 1. The minimum atomic E-state index is -0.575. The van der Waals surface area contributed by atoms with Crippen molar-refractivity contribution in [1.29, 1.82) is 0 Å². The van der Waals surface area contributed by atoms with Crippen molar-refractivity contribution in [3.05, 3.63) is 51.3 Å². The van der Waals surface area contributed by atoms with Crippen LogP contribution in [0.3, 0.4) is 0 Å². The van der Waals surface area contributed by atoms with E-state index in [9.17, 15) is 19.5 Å². The molecule has 1 aliphatic heterocycles. The van der Waals surface area contributed by atoms with E-state index < -0.39 is 23.6 Å². The number of imide groups is 1. The van der Waals surface area contributed by atoms with E-state index >= 15 is 0 Å². The zero-order valence-electron chi connectivity index (χ0n) is 16.0. The number of phenolic OH excluding ortho intramolecular Hbond substituents is 1. The predicted octanol–water partition coefficient (Wildman–Crippen LogP) is 3.85. The predicted molar refractivity (Wildman–Crippen MR) is 117 cm³/mol. The molecule has 10 heteroatoms. The maximum absolute atomic E-state index is 12.6. The van der Waals surface area contributed by atoms with E-state index in [-0.39, 0.29) is 16.4 Å². The van der Waals surface area contributed by atoms with Gasteiger partial charge in [-0.1, -0.05) is 15.9 Å². The van der Waals surface area contributed by atoms with Gasteiger partial charge in [0.25, 0.3) is 11.1 Å². The number of aromatic hydroxyl groups is 1. The molecule has 0 aliphatic carbocycles. The van der Waals surface area contributed by atoms with Crippen LogP contribution in [0.2, 0.25) is 0 Å². The molecule has 0 bridgehead atoms. The topological polar surface area (TPSA) is 105 Å². The number of rotatable bonds is 6. The second-order valence-corrected chi connectivity index (χ2v) is 7.94. The molecule has 2 N–H and O–H groups in total. The number of hydrogen-bond donors (Lipinski definition) is 2. The Hall–Kier alpha value is -2.98. The van der Waals surface area contributed by atoms with Gasteiger partial charge in [0.05, 0.1) is 19.1 Å². The lowest BCUT2D eigenvalue weighted by molar-refractivity contribution is -0.127. The summed E-state index contributed by atoms with van der Waals surface area (Å²) < 4.78 is 10.6. The van der Waals surface area contributed by atoms with Crippen molar-refractivity contribution in [2.24, 2.45) is 0 Å². The van der Waals surface area contributed by atoms with Crippen LogP contribution < -0.4 is 14.8 Å². The van der Waals surface area contributed by atoms with Crippen LogP contribution in [-0.4, -0.2) is 47.8 Å². The summed E-state index contributed by atoms with van der Waals surface area (Å²) in [5.74, 6) is -0.279. The van der Waals surface area contributed by atoms with Crippen molar-refractivity contribution in [2.45, 2.75) is 0 Å². The molecular formula is C20H17BrN2O6S. The lowest BCUT2D eigenvalue weighted by Crippen LogP contribution is -2.36. The molecule has 8 nitrogen and oxygen atoms in total. The average molecular weight is 493 g/mol. The van der Waals surface area contributed by atoms with Crippen molar-refractivity contribution in [1.82, 2.24) is 4.90 Å². The number of thioether (sulfide) groups is 1. The summed E-state index contributed by atoms with van der Waals surface area (Å²) in [6, 6.07) is 9.63. The minimum absolute atomic E-state index is 0.0650. The summed E-state index contributed by atoms with van der Waals surface area (Å²) in [6.45, 7) is -0.409. The van der Waals surface area contributed by atoms with E-state index in [1.807, 2.05) is 0 Å². The highest BCUT2D eigenvalue weighted by atomic mass is 79.9. The SMILES string of the molecule is COc1ccc(NC(=O)CN2C(=O)S/C(=C\c3cc(OC)c(O)cc3Br)C2=O)cc1. The van der Waals surface area contributed by atoms with Gasteiger partial charge in [0.15, 0.2) is 11.5 Å². The lowest BCUT2D eigenvalue weighted by atomic mass is 10.2. The van der Waals surface area contributed by atoms with E-state index in [2.05, 4.69) is 21.2 Å². The molecule has 0 aromatic heterocycles. The number of anilines is 1. The Morgan fingerprint density at radius 2 is 1.90 bits per heavy atom. The van der Waals surface area contributed by atoms with Gasteiger partial charge in [-0.25, -0.2) is 0 Å². The van der Waals surface area contributed by atoms with Crippen LogP contribution in [0, 0.1) is 0 Å². The first-order valence-corrected chi connectivity index (χ1v) is 10.2. The molecule has 156 valence electrons. The Balaban J connectivity index is 1.72. The summed E-state index contributed by atoms with van der Waals surface area (Å²) in [6.07, 6.45) is 1.50. The summed E-state index contributed by atoms with van der Waals surface area (Å²) in [5.41, 5.74) is 1.06. The van der Waals surface area contributed by atoms with E-state index in [1.54, 1.807) is 24.3 Å². The molecule has 0 radical (unpaired) electrons. The number of phenols is 1. The van der Waals surface area contributed by atoms with Crippen molar-refractivity contribution >= 4 is 56.5 Å². The fourth-order valence-electron chi connectivity index (χ4n) is 2.63. The Morgan fingerprint density at radius 3 is 2.53 bits per heavy atom. The number of benzene rings is 2. The summed E-state index contributed by atoms with van der Waals surface area (Å²) in [7, 11) is 2.94. The van der Waals surface area contributed by atoms with Gasteiger partial charge in [-0.3, -0.25) is 19.3 Å². The number of nitrogens with zero attached hydrogens (tertiary/aromatic N) is 1. The highest BCUT2D eigenvalue weighted by Crippen LogP contribution is 2.37. The molecule has 1 aliphatic rings. The van der Waals surface area contributed by atoms with Gasteiger partial charge in [-0.2, -0.15) is 0 Å². The summed E-state index contributed by atoms with van der Waals surface area (Å²) in [5, 5.41) is 11.9. The van der Waals surface area contributed by atoms with Gasteiger partial charge in [-0.05, 0) is 59.8 Å². The van der Waals surface area contributed by atoms with Crippen LogP contribution in [0.4, 0.5) is 10.5 Å². The summed E-state index contributed by atoms with van der Waals surface area (Å²) in [4.78, 5) is 38.2. The Bertz CT molecular complexity index is 1040. The molecule has 2 aromatic carbocycles. The van der Waals surface area contributed by atoms with Gasteiger partial charge in [0, 0.05) is 10.2 Å². The van der Waals surface area contributed by atoms with Gasteiger partial charge in [0.1, 0.15) is 12.3 Å². The highest BCUT2D eigenvalue weighted by molar-refractivity contribution is 9.10. The molecule has 1 heterocycles. The first-order chi connectivity index (χ1) is 14.3. The second kappa shape index (κ2) is 9.23. The Morgan fingerprint density at radius 1 is 1.20 bits per heavy atom. The standard InChI is InChI=1S/C20H17BrN2O6S/c1-28-13-5-3-12(4-6-13)22-18(25)10-23-19(26)17(30-20(23)27)8-11-7-16(29-2)15(24)9-14(11)21/h3-9,24H,10H2,1-2H3,(H,22,25)/b17-8-. The van der Waals surface area contributed by atoms with Gasteiger partial charge < -0.3 is 19.9 Å². The monoisotopic (exact) mass is 492 g/mol. The van der Waals surface area contributed by atoms with Crippen molar-refractivity contribution < 1.29 is 29.0 Å². The Labute approximate surface area is 185 Å². The fraction of sp³-hybridized carbons (Fsp3) is 0.150. The van der Waals surface area contributed by atoms with Crippen LogP contribution in [-0.2, 0) is 9.59 Å². The van der Waals surface area contributed by atoms with Crippen LogP contribution in [0.5, 0.6) is 17.2 Å². The van der Waals surface area contributed by atoms with Crippen molar-refractivity contribution in [3.8, 4) is 17.2 Å². The van der Waals surface area contributed by atoms with Gasteiger partial charge in [0.2, 0.25) is 5.91 Å². The maximum Gasteiger partial charge on any atom is 0.294 e. The third-order valence-corrected chi connectivity index (χ3v) is 5.73. The first kappa shape index (κ1) is 21.7. The molecule has 0 atom stereocenters. The molecule has 0 saturated carbocycles. The number of carbonyl (C=O) groups excluding carboxylic acids is 3.